The Kier molecular flexibility index (Phi) is 4.77. The van der Waals surface area contributed by atoms with E-state index < -0.39 is 10.0 Å². The molecular formula is C14H17N3O3S. The van der Waals surface area contributed by atoms with Gasteiger partial charge in [0.2, 0.25) is 0 Å². The minimum Gasteiger partial charge on any atom is -0.492 e. The summed E-state index contributed by atoms with van der Waals surface area (Å²) in [5.41, 5.74) is 6.57. The van der Waals surface area contributed by atoms with E-state index in [1.165, 1.54) is 18.3 Å². The second-order valence-electron chi connectivity index (χ2n) is 4.40. The molecule has 7 heteroatoms. The number of aryl methyl sites for hydroxylation is 1. The molecule has 2 aromatic rings. The third kappa shape index (κ3) is 4.17. The van der Waals surface area contributed by atoms with Gasteiger partial charge in [-0.15, -0.1) is 0 Å². The van der Waals surface area contributed by atoms with Gasteiger partial charge >= 0.3 is 0 Å². The number of nitrogens with one attached hydrogen (secondary N) is 1. The molecule has 0 unspecified atom stereocenters. The first-order chi connectivity index (χ1) is 10.0. The largest absolute Gasteiger partial charge is 0.492 e. The van der Waals surface area contributed by atoms with E-state index in [1.54, 1.807) is 24.3 Å². The highest BCUT2D eigenvalue weighted by Crippen LogP contribution is 2.19. The summed E-state index contributed by atoms with van der Waals surface area (Å²) in [4.78, 5) is 4.20. The fourth-order valence-corrected chi connectivity index (χ4v) is 2.68. The number of pyridine rings is 1. The van der Waals surface area contributed by atoms with Gasteiger partial charge in [-0.25, -0.2) is 8.42 Å². The lowest BCUT2D eigenvalue weighted by atomic mass is 10.3. The molecule has 112 valence electrons. The van der Waals surface area contributed by atoms with E-state index in [-0.39, 0.29) is 4.90 Å². The molecule has 1 aromatic heterocycles. The molecule has 0 aliphatic rings. The molecule has 3 N–H and O–H groups in total. The summed E-state index contributed by atoms with van der Waals surface area (Å²) in [6.07, 6.45) is 1.48. The molecule has 0 fully saturated rings. The zero-order valence-corrected chi connectivity index (χ0v) is 12.4. The molecule has 0 aliphatic carbocycles. The SMILES string of the molecule is Cc1ccc(NS(=O)(=O)c2ccc(OCCN)cc2)cn1. The van der Waals surface area contributed by atoms with Crippen molar-refractivity contribution in [2.24, 2.45) is 5.73 Å². The first kappa shape index (κ1) is 15.3. The van der Waals surface area contributed by atoms with Crippen molar-refractivity contribution in [1.29, 1.82) is 0 Å². The van der Waals surface area contributed by atoms with Gasteiger partial charge in [0.25, 0.3) is 10.0 Å². The maximum atomic E-state index is 12.2. The van der Waals surface area contributed by atoms with E-state index in [2.05, 4.69) is 9.71 Å². The van der Waals surface area contributed by atoms with Crippen LogP contribution in [0.1, 0.15) is 5.69 Å². The highest BCUT2D eigenvalue weighted by molar-refractivity contribution is 7.92. The minimum absolute atomic E-state index is 0.156. The van der Waals surface area contributed by atoms with Crippen LogP contribution in [-0.2, 0) is 10.0 Å². The average Bonchev–Trinajstić information content (AvgIpc) is 2.48. The zero-order valence-electron chi connectivity index (χ0n) is 11.6. The summed E-state index contributed by atoms with van der Waals surface area (Å²) < 4.78 is 32.2. The Balaban J connectivity index is 2.13. The van der Waals surface area contributed by atoms with E-state index in [4.69, 9.17) is 10.5 Å². The van der Waals surface area contributed by atoms with Crippen LogP contribution >= 0.6 is 0 Å². The van der Waals surface area contributed by atoms with Crippen LogP contribution in [0.5, 0.6) is 5.75 Å². The van der Waals surface area contributed by atoms with Crippen LogP contribution in [0.25, 0.3) is 0 Å². The molecule has 0 saturated heterocycles. The lowest BCUT2D eigenvalue weighted by Gasteiger charge is -2.09. The molecule has 1 heterocycles. The zero-order chi connectivity index (χ0) is 15.3. The molecule has 2 rings (SSSR count). The molecule has 0 amide bonds. The summed E-state index contributed by atoms with van der Waals surface area (Å²) in [6.45, 7) is 2.62. The van der Waals surface area contributed by atoms with Crippen molar-refractivity contribution in [3.63, 3.8) is 0 Å². The van der Waals surface area contributed by atoms with Crippen LogP contribution in [0.3, 0.4) is 0 Å². The Hall–Kier alpha value is -2.12. The van der Waals surface area contributed by atoms with Crippen LogP contribution in [0.15, 0.2) is 47.5 Å². The lowest BCUT2D eigenvalue weighted by Crippen LogP contribution is -2.13. The smallest absolute Gasteiger partial charge is 0.261 e. The molecule has 21 heavy (non-hydrogen) atoms. The number of hydrogen-bond acceptors (Lipinski definition) is 5. The molecule has 6 nitrogen and oxygen atoms in total. The first-order valence-electron chi connectivity index (χ1n) is 6.40. The maximum absolute atomic E-state index is 12.2. The Bertz CT molecular complexity index is 682. The van der Waals surface area contributed by atoms with Crippen molar-refractivity contribution in [1.82, 2.24) is 4.98 Å². The summed E-state index contributed by atoms with van der Waals surface area (Å²) in [6, 6.07) is 9.56. The molecule has 1 aromatic carbocycles. The number of ether oxygens (including phenoxy) is 1. The number of benzene rings is 1. The molecular weight excluding hydrogens is 290 g/mol. The topological polar surface area (TPSA) is 94.3 Å². The minimum atomic E-state index is -3.63. The number of nitrogens with two attached hydrogens (primary N) is 1. The highest BCUT2D eigenvalue weighted by atomic mass is 32.2. The second-order valence-corrected chi connectivity index (χ2v) is 6.08. The van der Waals surface area contributed by atoms with Gasteiger partial charge in [-0.3, -0.25) is 9.71 Å². The van der Waals surface area contributed by atoms with Crippen molar-refractivity contribution < 1.29 is 13.2 Å². The number of hydrogen-bond donors (Lipinski definition) is 2. The normalized spacial score (nSPS) is 11.1. The van der Waals surface area contributed by atoms with Gasteiger partial charge in [0.15, 0.2) is 0 Å². The third-order valence-electron chi connectivity index (χ3n) is 2.68. The van der Waals surface area contributed by atoms with E-state index >= 15 is 0 Å². The molecule has 0 atom stereocenters. The van der Waals surface area contributed by atoms with Gasteiger partial charge in [-0.1, -0.05) is 0 Å². The highest BCUT2D eigenvalue weighted by Gasteiger charge is 2.14. The van der Waals surface area contributed by atoms with Gasteiger partial charge in [-0.2, -0.15) is 0 Å². The predicted octanol–water partition coefficient (Wildman–Crippen LogP) is 1.53. The summed E-state index contributed by atoms with van der Waals surface area (Å²) in [7, 11) is -3.63. The van der Waals surface area contributed by atoms with E-state index in [1.807, 2.05) is 6.92 Å². The number of rotatable bonds is 6. The van der Waals surface area contributed by atoms with Gasteiger partial charge in [0.05, 0.1) is 16.8 Å². The van der Waals surface area contributed by atoms with Crippen LogP contribution < -0.4 is 15.2 Å². The van der Waals surface area contributed by atoms with Crippen LogP contribution in [0.2, 0.25) is 0 Å². The summed E-state index contributed by atoms with van der Waals surface area (Å²) in [5, 5.41) is 0. The molecule has 0 aliphatic heterocycles. The molecule has 0 radical (unpaired) electrons. The van der Waals surface area contributed by atoms with Crippen LogP contribution in [0.4, 0.5) is 5.69 Å². The predicted molar refractivity (Wildman–Crippen MR) is 80.8 cm³/mol. The Morgan fingerprint density at radius 3 is 2.48 bits per heavy atom. The van der Waals surface area contributed by atoms with Gasteiger partial charge < -0.3 is 10.5 Å². The summed E-state index contributed by atoms with van der Waals surface area (Å²) >= 11 is 0. The Morgan fingerprint density at radius 1 is 1.19 bits per heavy atom. The van der Waals surface area contributed by atoms with Crippen molar-refractivity contribution in [2.45, 2.75) is 11.8 Å². The number of sulfonamides is 1. The number of anilines is 1. The lowest BCUT2D eigenvalue weighted by molar-refractivity contribution is 0.328. The standard InChI is InChI=1S/C14H17N3O3S/c1-11-2-3-12(10-16-11)17-21(18,19)14-6-4-13(5-7-14)20-9-8-15/h2-7,10,17H,8-9,15H2,1H3. The third-order valence-corrected chi connectivity index (χ3v) is 4.08. The fraction of sp³-hybridized carbons (Fsp3) is 0.214. The Labute approximate surface area is 124 Å². The maximum Gasteiger partial charge on any atom is 0.261 e. The van der Waals surface area contributed by atoms with E-state index in [0.717, 1.165) is 5.69 Å². The van der Waals surface area contributed by atoms with Crippen molar-refractivity contribution >= 4 is 15.7 Å². The second kappa shape index (κ2) is 6.55. The molecule has 0 bridgehead atoms. The Morgan fingerprint density at radius 2 is 1.90 bits per heavy atom. The summed E-state index contributed by atoms with van der Waals surface area (Å²) in [5.74, 6) is 0.580. The van der Waals surface area contributed by atoms with Crippen molar-refractivity contribution in [3.8, 4) is 5.75 Å². The van der Waals surface area contributed by atoms with Crippen LogP contribution in [0, 0.1) is 6.92 Å². The van der Waals surface area contributed by atoms with Crippen LogP contribution in [-0.4, -0.2) is 26.6 Å². The van der Waals surface area contributed by atoms with E-state index in [0.29, 0.717) is 24.6 Å². The molecule has 0 saturated carbocycles. The molecule has 0 spiro atoms. The quantitative estimate of drug-likeness (QED) is 0.844. The first-order valence-corrected chi connectivity index (χ1v) is 7.88. The van der Waals surface area contributed by atoms with Crippen molar-refractivity contribution in [2.75, 3.05) is 17.9 Å². The van der Waals surface area contributed by atoms with E-state index in [9.17, 15) is 8.42 Å². The van der Waals surface area contributed by atoms with Crippen molar-refractivity contribution in [3.05, 3.63) is 48.3 Å². The average molecular weight is 307 g/mol. The van der Waals surface area contributed by atoms with Gasteiger partial charge in [0.1, 0.15) is 12.4 Å². The van der Waals surface area contributed by atoms with Gasteiger partial charge in [-0.05, 0) is 43.3 Å². The number of nitrogens with zero attached hydrogens (tertiary/aromatic N) is 1. The van der Waals surface area contributed by atoms with Gasteiger partial charge in [0, 0.05) is 12.2 Å². The monoisotopic (exact) mass is 307 g/mol. The number of aromatic nitrogens is 1. The fourth-order valence-electron chi connectivity index (χ4n) is 1.63.